The largest absolute Gasteiger partial charge is 0.497 e. The zero-order valence-electron chi connectivity index (χ0n) is 9.65. The summed E-state index contributed by atoms with van der Waals surface area (Å²) in [4.78, 5) is 0. The maximum absolute atomic E-state index is 5.14. The average molecular weight is 237 g/mol. The van der Waals surface area contributed by atoms with Crippen LogP contribution >= 0.6 is 12.6 Å². The fourth-order valence-electron chi connectivity index (χ4n) is 2.19. The molecular weight excluding hydrogens is 218 g/mol. The molecule has 1 aromatic rings. The molecule has 1 aromatic carbocycles. The molecule has 1 saturated heterocycles. The highest BCUT2D eigenvalue weighted by Crippen LogP contribution is 2.19. The Bertz CT molecular complexity index is 319. The molecule has 0 aromatic heterocycles. The van der Waals surface area contributed by atoms with E-state index in [2.05, 4.69) is 17.4 Å². The monoisotopic (exact) mass is 237 g/mol. The summed E-state index contributed by atoms with van der Waals surface area (Å²) in [7, 11) is 1.69. The van der Waals surface area contributed by atoms with E-state index in [9.17, 15) is 0 Å². The van der Waals surface area contributed by atoms with E-state index in [1.165, 1.54) is 18.4 Å². The standard InChI is InChI=1S/C13H19NOS/c1-15-11-6-4-10(5-7-11)9-13(16)12-3-2-8-14-12/h4-7,12-14,16H,2-3,8-9H2,1H3/t12-,13?/m0/s1. The molecular formula is C13H19NOS. The number of thiol groups is 1. The molecule has 1 unspecified atom stereocenters. The van der Waals surface area contributed by atoms with E-state index in [1.807, 2.05) is 12.1 Å². The summed E-state index contributed by atoms with van der Waals surface area (Å²) in [5.74, 6) is 0.915. The van der Waals surface area contributed by atoms with Gasteiger partial charge < -0.3 is 10.1 Å². The molecule has 88 valence electrons. The first-order valence-electron chi connectivity index (χ1n) is 5.84. The zero-order valence-corrected chi connectivity index (χ0v) is 10.5. The van der Waals surface area contributed by atoms with Crippen molar-refractivity contribution in [3.63, 3.8) is 0 Å². The van der Waals surface area contributed by atoms with Crippen LogP contribution in [0.25, 0.3) is 0 Å². The van der Waals surface area contributed by atoms with Gasteiger partial charge in [0.05, 0.1) is 7.11 Å². The molecule has 0 saturated carbocycles. The first-order chi connectivity index (χ1) is 7.79. The number of hydrogen-bond donors (Lipinski definition) is 2. The molecule has 3 heteroatoms. The number of rotatable bonds is 4. The zero-order chi connectivity index (χ0) is 11.4. The Morgan fingerprint density at radius 1 is 1.44 bits per heavy atom. The molecule has 2 rings (SSSR count). The minimum Gasteiger partial charge on any atom is -0.497 e. The van der Waals surface area contributed by atoms with Gasteiger partial charge in [-0.25, -0.2) is 0 Å². The lowest BCUT2D eigenvalue weighted by Gasteiger charge is -2.18. The summed E-state index contributed by atoms with van der Waals surface area (Å²) in [5.41, 5.74) is 1.33. The van der Waals surface area contributed by atoms with E-state index in [4.69, 9.17) is 17.4 Å². The molecule has 0 bridgehead atoms. The Kier molecular flexibility index (Phi) is 4.13. The van der Waals surface area contributed by atoms with E-state index in [-0.39, 0.29) is 0 Å². The second kappa shape index (κ2) is 5.60. The van der Waals surface area contributed by atoms with Gasteiger partial charge in [0.2, 0.25) is 0 Å². The van der Waals surface area contributed by atoms with Crippen LogP contribution in [-0.4, -0.2) is 24.9 Å². The first-order valence-corrected chi connectivity index (χ1v) is 6.35. The highest BCUT2D eigenvalue weighted by atomic mass is 32.1. The molecule has 0 aliphatic carbocycles. The fraction of sp³-hybridized carbons (Fsp3) is 0.538. The first kappa shape index (κ1) is 11.8. The third-order valence-corrected chi connectivity index (χ3v) is 3.71. The quantitative estimate of drug-likeness (QED) is 0.784. The molecule has 1 N–H and O–H groups in total. The number of hydrogen-bond acceptors (Lipinski definition) is 3. The molecule has 0 radical (unpaired) electrons. The molecule has 1 fully saturated rings. The average Bonchev–Trinajstić information content (AvgIpc) is 2.83. The predicted molar refractivity (Wildman–Crippen MR) is 70.5 cm³/mol. The maximum atomic E-state index is 5.14. The van der Waals surface area contributed by atoms with Gasteiger partial charge in [-0.05, 0) is 43.5 Å². The number of benzene rings is 1. The van der Waals surface area contributed by atoms with E-state index < -0.39 is 0 Å². The van der Waals surface area contributed by atoms with Crippen molar-refractivity contribution in [3.8, 4) is 5.75 Å². The van der Waals surface area contributed by atoms with Gasteiger partial charge in [-0.1, -0.05) is 12.1 Å². The number of methoxy groups -OCH3 is 1. The van der Waals surface area contributed by atoms with Gasteiger partial charge in [0.1, 0.15) is 5.75 Å². The summed E-state index contributed by atoms with van der Waals surface area (Å²) < 4.78 is 5.14. The lowest BCUT2D eigenvalue weighted by atomic mass is 10.0. The van der Waals surface area contributed by atoms with Crippen molar-refractivity contribution < 1.29 is 4.74 Å². The molecule has 1 aliphatic heterocycles. The third kappa shape index (κ3) is 2.92. The smallest absolute Gasteiger partial charge is 0.118 e. The summed E-state index contributed by atoms with van der Waals surface area (Å²) in [6.45, 7) is 1.14. The van der Waals surface area contributed by atoms with E-state index in [0.717, 1.165) is 18.7 Å². The summed E-state index contributed by atoms with van der Waals surface area (Å²) in [6, 6.07) is 8.84. The van der Waals surface area contributed by atoms with E-state index in [0.29, 0.717) is 11.3 Å². The van der Waals surface area contributed by atoms with Gasteiger partial charge in [-0.15, -0.1) is 0 Å². The normalized spacial score (nSPS) is 22.0. The molecule has 0 spiro atoms. The molecule has 1 aliphatic rings. The Hall–Kier alpha value is -0.670. The minimum absolute atomic E-state index is 0.413. The maximum Gasteiger partial charge on any atom is 0.118 e. The minimum atomic E-state index is 0.413. The molecule has 0 amide bonds. The van der Waals surface area contributed by atoms with Crippen LogP contribution in [0.3, 0.4) is 0 Å². The third-order valence-electron chi connectivity index (χ3n) is 3.17. The lowest BCUT2D eigenvalue weighted by molar-refractivity contribution is 0.414. The van der Waals surface area contributed by atoms with Crippen LogP contribution in [0.2, 0.25) is 0 Å². The lowest BCUT2D eigenvalue weighted by Crippen LogP contribution is -2.32. The van der Waals surface area contributed by atoms with E-state index in [1.54, 1.807) is 7.11 Å². The van der Waals surface area contributed by atoms with Crippen molar-refractivity contribution in [1.82, 2.24) is 5.32 Å². The van der Waals surface area contributed by atoms with Crippen LogP contribution in [0.4, 0.5) is 0 Å². The summed E-state index contributed by atoms with van der Waals surface area (Å²) in [6.07, 6.45) is 3.55. The Labute approximate surface area is 103 Å². The van der Waals surface area contributed by atoms with Crippen molar-refractivity contribution in [1.29, 1.82) is 0 Å². The van der Waals surface area contributed by atoms with Crippen LogP contribution in [0.1, 0.15) is 18.4 Å². The van der Waals surface area contributed by atoms with Crippen molar-refractivity contribution in [3.05, 3.63) is 29.8 Å². The van der Waals surface area contributed by atoms with E-state index >= 15 is 0 Å². The van der Waals surface area contributed by atoms with Gasteiger partial charge >= 0.3 is 0 Å². The van der Waals surface area contributed by atoms with Crippen molar-refractivity contribution >= 4 is 12.6 Å². The van der Waals surface area contributed by atoms with Gasteiger partial charge in [-0.2, -0.15) is 12.6 Å². The van der Waals surface area contributed by atoms with Gasteiger partial charge in [-0.3, -0.25) is 0 Å². The Morgan fingerprint density at radius 3 is 2.75 bits per heavy atom. The Balaban J connectivity index is 1.92. The van der Waals surface area contributed by atoms with Crippen molar-refractivity contribution in [2.45, 2.75) is 30.6 Å². The summed E-state index contributed by atoms with van der Waals surface area (Å²) in [5, 5.41) is 3.91. The predicted octanol–water partition coefficient (Wildman–Crippen LogP) is 2.29. The van der Waals surface area contributed by atoms with Gasteiger partial charge in [0, 0.05) is 11.3 Å². The van der Waals surface area contributed by atoms with Crippen LogP contribution < -0.4 is 10.1 Å². The summed E-state index contributed by atoms with van der Waals surface area (Å²) >= 11 is 4.69. The SMILES string of the molecule is COc1ccc(CC(S)[C@@H]2CCCN2)cc1. The van der Waals surface area contributed by atoms with Crippen LogP contribution in [0.5, 0.6) is 5.75 Å². The van der Waals surface area contributed by atoms with Gasteiger partial charge in [0.25, 0.3) is 0 Å². The van der Waals surface area contributed by atoms with Crippen LogP contribution in [-0.2, 0) is 6.42 Å². The highest BCUT2D eigenvalue weighted by molar-refractivity contribution is 7.81. The second-order valence-electron chi connectivity index (χ2n) is 4.32. The van der Waals surface area contributed by atoms with Crippen molar-refractivity contribution in [2.24, 2.45) is 0 Å². The molecule has 2 nitrogen and oxygen atoms in total. The fourth-order valence-corrected chi connectivity index (χ4v) is 2.65. The van der Waals surface area contributed by atoms with Crippen molar-refractivity contribution in [2.75, 3.05) is 13.7 Å². The molecule has 16 heavy (non-hydrogen) atoms. The Morgan fingerprint density at radius 2 is 2.19 bits per heavy atom. The van der Waals surface area contributed by atoms with Gasteiger partial charge in [0.15, 0.2) is 0 Å². The number of ether oxygens (including phenoxy) is 1. The molecule has 2 atom stereocenters. The molecule has 1 heterocycles. The van der Waals surface area contributed by atoms with Crippen LogP contribution in [0.15, 0.2) is 24.3 Å². The number of nitrogens with one attached hydrogen (secondary N) is 1. The second-order valence-corrected chi connectivity index (χ2v) is 4.99. The highest BCUT2D eigenvalue weighted by Gasteiger charge is 2.21. The topological polar surface area (TPSA) is 21.3 Å². The van der Waals surface area contributed by atoms with Crippen LogP contribution in [0, 0.1) is 0 Å².